The Morgan fingerprint density at radius 1 is 1.09 bits per heavy atom. The van der Waals surface area contributed by atoms with Crippen LogP contribution in [-0.4, -0.2) is 11.1 Å². The topological polar surface area (TPSA) is 49.8 Å². The molecule has 0 radical (unpaired) electrons. The smallest absolute Gasteiger partial charge is 0.373 e. The van der Waals surface area contributed by atoms with Crippen LogP contribution in [0.25, 0.3) is 0 Å². The summed E-state index contributed by atoms with van der Waals surface area (Å²) in [6, 6.07) is 10.2. The Morgan fingerprint density at radius 2 is 1.82 bits per heavy atom. The van der Waals surface area contributed by atoms with Gasteiger partial charge in [0.15, 0.2) is 11.6 Å². The molecule has 0 fully saturated rings. The van der Waals surface area contributed by atoms with Crippen molar-refractivity contribution in [1.29, 1.82) is 0 Å². The van der Waals surface area contributed by atoms with Crippen LogP contribution in [-0.2, 0) is 11.3 Å². The number of para-hydroxylation sites is 1. The fraction of sp³-hybridized carbons (Fsp3) is 0.0625. The fourth-order valence-corrected chi connectivity index (χ4v) is 2.24. The van der Waals surface area contributed by atoms with Crippen molar-refractivity contribution in [1.82, 2.24) is 0 Å². The highest BCUT2D eigenvalue weighted by Crippen LogP contribution is 2.37. The third kappa shape index (κ3) is 2.50. The van der Waals surface area contributed by atoms with Gasteiger partial charge in [0.2, 0.25) is 5.76 Å². The first kappa shape index (κ1) is 14.1. The minimum Gasteiger partial charge on any atom is -0.475 e. The van der Waals surface area contributed by atoms with Gasteiger partial charge in [-0.15, -0.1) is 0 Å². The van der Waals surface area contributed by atoms with Crippen LogP contribution in [0.4, 0.5) is 14.5 Å². The quantitative estimate of drug-likeness (QED) is 0.945. The molecule has 1 aliphatic heterocycles. The molecule has 22 heavy (non-hydrogen) atoms. The number of benzene rings is 2. The van der Waals surface area contributed by atoms with Crippen molar-refractivity contribution in [3.63, 3.8) is 0 Å². The average molecular weight is 303 g/mol. The number of rotatable bonds is 3. The number of fused-ring (bicyclic) bond motifs is 1. The molecule has 3 rings (SSSR count). The van der Waals surface area contributed by atoms with Crippen LogP contribution in [0.15, 0.2) is 54.4 Å². The van der Waals surface area contributed by atoms with Crippen molar-refractivity contribution in [2.45, 2.75) is 6.54 Å². The fourth-order valence-electron chi connectivity index (χ4n) is 2.24. The van der Waals surface area contributed by atoms with Crippen LogP contribution in [0, 0.1) is 11.6 Å². The van der Waals surface area contributed by atoms with Gasteiger partial charge >= 0.3 is 5.97 Å². The molecule has 1 N–H and O–H groups in total. The summed E-state index contributed by atoms with van der Waals surface area (Å²) in [6.45, 7) is -0.0131. The first-order chi connectivity index (χ1) is 10.6. The Labute approximate surface area is 124 Å². The largest absolute Gasteiger partial charge is 0.475 e. The summed E-state index contributed by atoms with van der Waals surface area (Å²) in [5, 5.41) is 9.08. The summed E-state index contributed by atoms with van der Waals surface area (Å²) in [5.74, 6) is -2.58. The van der Waals surface area contributed by atoms with Gasteiger partial charge in [-0.1, -0.05) is 24.3 Å². The molecule has 0 spiro atoms. The Hall–Kier alpha value is -2.89. The molecule has 0 unspecified atom stereocenters. The van der Waals surface area contributed by atoms with Crippen molar-refractivity contribution in [3.8, 4) is 5.75 Å². The van der Waals surface area contributed by atoms with Gasteiger partial charge in [-0.2, -0.15) is 0 Å². The van der Waals surface area contributed by atoms with Crippen LogP contribution < -0.4 is 9.64 Å². The van der Waals surface area contributed by atoms with E-state index in [1.54, 1.807) is 18.2 Å². The van der Waals surface area contributed by atoms with E-state index in [0.717, 1.165) is 6.20 Å². The third-order valence-corrected chi connectivity index (χ3v) is 3.24. The zero-order chi connectivity index (χ0) is 15.7. The second kappa shape index (κ2) is 5.48. The van der Waals surface area contributed by atoms with Crippen molar-refractivity contribution in [2.24, 2.45) is 0 Å². The van der Waals surface area contributed by atoms with Gasteiger partial charge in [0.05, 0.1) is 12.7 Å². The molecule has 0 saturated heterocycles. The Morgan fingerprint density at radius 3 is 2.55 bits per heavy atom. The predicted molar refractivity (Wildman–Crippen MR) is 75.3 cm³/mol. The molecule has 1 heterocycles. The molecule has 0 atom stereocenters. The summed E-state index contributed by atoms with van der Waals surface area (Å²) in [4.78, 5) is 12.5. The molecular formula is C16H11F2NO3. The number of anilines is 1. The molecule has 0 aromatic heterocycles. The molecule has 6 heteroatoms. The van der Waals surface area contributed by atoms with E-state index in [1.165, 1.54) is 29.2 Å². The summed E-state index contributed by atoms with van der Waals surface area (Å²) < 4.78 is 33.0. The van der Waals surface area contributed by atoms with Crippen LogP contribution in [0.2, 0.25) is 0 Å². The number of carboxylic acids is 1. The number of aliphatic carboxylic acids is 1. The van der Waals surface area contributed by atoms with E-state index < -0.39 is 17.6 Å². The summed E-state index contributed by atoms with van der Waals surface area (Å²) in [6.07, 6.45) is 1.15. The van der Waals surface area contributed by atoms with E-state index in [-0.39, 0.29) is 23.7 Å². The Kier molecular flexibility index (Phi) is 3.50. The van der Waals surface area contributed by atoms with Gasteiger partial charge in [0, 0.05) is 5.56 Å². The maximum Gasteiger partial charge on any atom is 0.373 e. The highest BCUT2D eigenvalue weighted by Gasteiger charge is 2.26. The Bertz CT molecular complexity index is 774. The van der Waals surface area contributed by atoms with Gasteiger partial charge in [-0.25, -0.2) is 13.6 Å². The first-order valence-electron chi connectivity index (χ1n) is 6.48. The van der Waals surface area contributed by atoms with Gasteiger partial charge in [-0.3, -0.25) is 0 Å². The maximum atomic E-state index is 14.1. The lowest BCUT2D eigenvalue weighted by atomic mass is 10.1. The maximum absolute atomic E-state index is 14.1. The predicted octanol–water partition coefficient (Wildman–Crippen LogP) is 3.29. The number of hydrogen-bond acceptors (Lipinski definition) is 3. The standard InChI is InChI=1S/C16H11F2NO3/c17-11-5-2-1-4-10(11)8-19-9-14(16(20)21)22-13-7-3-6-12(18)15(13)19/h1-7,9H,8H2,(H,20,21). The molecule has 4 nitrogen and oxygen atoms in total. The number of nitrogens with zero attached hydrogens (tertiary/aromatic N) is 1. The van der Waals surface area contributed by atoms with Crippen LogP contribution in [0.1, 0.15) is 5.56 Å². The molecular weight excluding hydrogens is 292 g/mol. The molecule has 2 aromatic carbocycles. The van der Waals surface area contributed by atoms with Crippen molar-refractivity contribution < 1.29 is 23.4 Å². The lowest BCUT2D eigenvalue weighted by Crippen LogP contribution is -2.26. The van der Waals surface area contributed by atoms with Gasteiger partial charge in [0.1, 0.15) is 11.5 Å². The normalized spacial score (nSPS) is 13.2. The lowest BCUT2D eigenvalue weighted by Gasteiger charge is -2.28. The summed E-state index contributed by atoms with van der Waals surface area (Å²) in [7, 11) is 0. The third-order valence-electron chi connectivity index (χ3n) is 3.24. The molecule has 1 aliphatic rings. The number of halogens is 2. The van der Waals surface area contributed by atoms with Crippen LogP contribution in [0.5, 0.6) is 5.75 Å². The minimum absolute atomic E-state index is 0.0131. The second-order valence-electron chi connectivity index (χ2n) is 4.71. The van der Waals surface area contributed by atoms with E-state index in [2.05, 4.69) is 0 Å². The summed E-state index contributed by atoms with van der Waals surface area (Å²) >= 11 is 0. The van der Waals surface area contributed by atoms with E-state index in [1.807, 2.05) is 0 Å². The number of ether oxygens (including phenoxy) is 1. The van der Waals surface area contributed by atoms with Gasteiger partial charge in [-0.05, 0) is 18.2 Å². The zero-order valence-electron chi connectivity index (χ0n) is 11.3. The SMILES string of the molecule is O=C(O)C1=CN(Cc2ccccc2F)c2c(F)cccc2O1. The zero-order valence-corrected chi connectivity index (χ0v) is 11.3. The van der Waals surface area contributed by atoms with Crippen LogP contribution >= 0.6 is 0 Å². The van der Waals surface area contributed by atoms with E-state index in [0.29, 0.717) is 5.56 Å². The summed E-state index contributed by atoms with van der Waals surface area (Å²) in [5.41, 5.74) is 0.398. The van der Waals surface area contributed by atoms with Gasteiger partial charge < -0.3 is 14.7 Å². The molecule has 0 saturated carbocycles. The highest BCUT2D eigenvalue weighted by atomic mass is 19.1. The first-order valence-corrected chi connectivity index (χ1v) is 6.48. The van der Waals surface area contributed by atoms with Crippen molar-refractivity contribution >= 4 is 11.7 Å². The number of carbonyl (C=O) groups is 1. The average Bonchev–Trinajstić information content (AvgIpc) is 2.49. The molecule has 2 aromatic rings. The van der Waals surface area contributed by atoms with Crippen molar-refractivity contribution in [2.75, 3.05) is 4.90 Å². The lowest BCUT2D eigenvalue weighted by molar-refractivity contribution is -0.135. The van der Waals surface area contributed by atoms with E-state index >= 15 is 0 Å². The number of hydrogen-bond donors (Lipinski definition) is 1. The monoisotopic (exact) mass is 303 g/mol. The highest BCUT2D eigenvalue weighted by molar-refractivity contribution is 5.87. The molecule has 0 amide bonds. The van der Waals surface area contributed by atoms with Crippen molar-refractivity contribution in [3.05, 3.63) is 71.6 Å². The van der Waals surface area contributed by atoms with E-state index in [9.17, 15) is 13.6 Å². The minimum atomic E-state index is -1.28. The molecule has 0 aliphatic carbocycles. The van der Waals surface area contributed by atoms with Crippen LogP contribution in [0.3, 0.4) is 0 Å². The van der Waals surface area contributed by atoms with E-state index in [4.69, 9.17) is 9.84 Å². The molecule has 112 valence electrons. The second-order valence-corrected chi connectivity index (χ2v) is 4.71. The Balaban J connectivity index is 2.05. The van der Waals surface area contributed by atoms with Gasteiger partial charge in [0.25, 0.3) is 0 Å². The number of carboxylic acid groups (broad SMARTS) is 1. The molecule has 0 bridgehead atoms.